The van der Waals surface area contributed by atoms with Crippen molar-refractivity contribution in [2.75, 3.05) is 32.7 Å². The van der Waals surface area contributed by atoms with Gasteiger partial charge in [0.1, 0.15) is 0 Å². The van der Waals surface area contributed by atoms with Crippen LogP contribution in [0.25, 0.3) is 0 Å². The molecule has 2 rings (SSSR count). The Bertz CT molecular complexity index is 596. The molecule has 2 N–H and O–H groups in total. The van der Waals surface area contributed by atoms with E-state index in [9.17, 15) is 14.7 Å². The van der Waals surface area contributed by atoms with Crippen molar-refractivity contribution in [3.8, 4) is 0 Å². The third kappa shape index (κ3) is 6.38. The first-order valence-corrected chi connectivity index (χ1v) is 9.28. The highest BCUT2D eigenvalue weighted by atomic mass is 16.3. The maximum atomic E-state index is 12.2. The number of nitrogens with zero attached hydrogens (tertiary/aromatic N) is 3. The molecule has 1 saturated heterocycles. The van der Waals surface area contributed by atoms with Crippen LogP contribution in [0.3, 0.4) is 0 Å². The minimum Gasteiger partial charge on any atom is -0.388 e. The number of carbonyl (C=O) groups excluding carboxylic acids is 2. The lowest BCUT2D eigenvalue weighted by Gasteiger charge is -2.33. The molecule has 0 bridgehead atoms. The monoisotopic (exact) mass is 362 g/mol. The Labute approximate surface area is 155 Å². The second-order valence-corrected chi connectivity index (χ2v) is 7.03. The van der Waals surface area contributed by atoms with E-state index in [4.69, 9.17) is 0 Å². The molecule has 1 atom stereocenters. The molecule has 2 amide bonds. The number of likely N-dealkylation sites (tertiary alicyclic amines) is 1. The molecule has 0 saturated carbocycles. The molecule has 0 radical (unpaired) electrons. The van der Waals surface area contributed by atoms with Gasteiger partial charge in [-0.25, -0.2) is 0 Å². The molecule has 2 heterocycles. The minimum absolute atomic E-state index is 0.0247. The summed E-state index contributed by atoms with van der Waals surface area (Å²) in [6.07, 6.45) is 5.54. The lowest BCUT2D eigenvalue weighted by atomic mass is 9.94. The average Bonchev–Trinajstić information content (AvgIpc) is 2.82. The van der Waals surface area contributed by atoms with Crippen molar-refractivity contribution in [3.63, 3.8) is 0 Å². The second-order valence-electron chi connectivity index (χ2n) is 7.03. The summed E-state index contributed by atoms with van der Waals surface area (Å²) in [5, 5.41) is 13.6. The number of carbonyl (C=O) groups is 2. The molecule has 1 aliphatic heterocycles. The predicted octanol–water partition coefficient (Wildman–Crippen LogP) is 0.783. The van der Waals surface area contributed by atoms with Crippen molar-refractivity contribution >= 4 is 11.8 Å². The third-order valence-electron chi connectivity index (χ3n) is 4.88. The third-order valence-corrected chi connectivity index (χ3v) is 4.88. The van der Waals surface area contributed by atoms with Crippen molar-refractivity contribution in [1.29, 1.82) is 0 Å². The van der Waals surface area contributed by atoms with Gasteiger partial charge in [0.15, 0.2) is 0 Å². The summed E-state index contributed by atoms with van der Waals surface area (Å²) in [5.41, 5.74) is 0.373. The zero-order valence-electron chi connectivity index (χ0n) is 15.8. The Balaban J connectivity index is 1.90. The number of aromatic nitrogens is 1. The quantitative estimate of drug-likeness (QED) is 0.749. The van der Waals surface area contributed by atoms with Gasteiger partial charge < -0.3 is 15.3 Å². The van der Waals surface area contributed by atoms with Crippen LogP contribution >= 0.6 is 0 Å². The molecule has 7 heteroatoms. The Morgan fingerprint density at radius 3 is 2.69 bits per heavy atom. The number of hydrogen-bond acceptors (Lipinski definition) is 5. The maximum Gasteiger partial charge on any atom is 0.241 e. The van der Waals surface area contributed by atoms with E-state index in [0.717, 1.165) is 19.5 Å². The number of nitrogens with one attached hydrogen (secondary N) is 1. The number of pyridine rings is 1. The van der Waals surface area contributed by atoms with Crippen LogP contribution in [0.2, 0.25) is 0 Å². The Hall–Kier alpha value is -1.99. The molecular weight excluding hydrogens is 332 g/mol. The van der Waals surface area contributed by atoms with E-state index in [1.54, 1.807) is 17.3 Å². The molecule has 26 heavy (non-hydrogen) atoms. The average molecular weight is 362 g/mol. The Morgan fingerprint density at radius 1 is 1.31 bits per heavy atom. The zero-order valence-corrected chi connectivity index (χ0v) is 15.8. The molecule has 1 aromatic heterocycles. The molecule has 7 nitrogen and oxygen atoms in total. The zero-order chi connectivity index (χ0) is 19.0. The van der Waals surface area contributed by atoms with E-state index in [0.29, 0.717) is 32.5 Å². The standard InChI is InChI=1S/C19H30N4O3/c1-3-22(14-17-5-9-20-10-6-17)15-19(26)7-4-11-23(12-8-19)18(25)13-21-16(2)24/h5-6,9-10,26H,3-4,7-8,11-15H2,1-2H3,(H,21,24)/t19-/m0/s1. The molecule has 0 aromatic carbocycles. The first-order chi connectivity index (χ1) is 12.4. The van der Waals surface area contributed by atoms with Gasteiger partial charge in [-0.1, -0.05) is 6.92 Å². The molecule has 1 aromatic rings. The van der Waals surface area contributed by atoms with Gasteiger partial charge in [-0.05, 0) is 43.5 Å². The number of likely N-dealkylation sites (N-methyl/N-ethyl adjacent to an activating group) is 1. The van der Waals surface area contributed by atoms with Crippen molar-refractivity contribution < 1.29 is 14.7 Å². The van der Waals surface area contributed by atoms with Crippen LogP contribution in [0.1, 0.15) is 38.7 Å². The van der Waals surface area contributed by atoms with Gasteiger partial charge in [0.05, 0.1) is 12.1 Å². The number of amides is 2. The fourth-order valence-corrected chi connectivity index (χ4v) is 3.34. The summed E-state index contributed by atoms with van der Waals surface area (Å²) in [6.45, 7) is 6.85. The largest absolute Gasteiger partial charge is 0.388 e. The van der Waals surface area contributed by atoms with Gasteiger partial charge in [-0.15, -0.1) is 0 Å². The summed E-state index contributed by atoms with van der Waals surface area (Å²) in [7, 11) is 0. The van der Waals surface area contributed by atoms with Crippen LogP contribution in [-0.2, 0) is 16.1 Å². The highest BCUT2D eigenvalue weighted by molar-refractivity contribution is 5.83. The lowest BCUT2D eigenvalue weighted by molar-refractivity contribution is -0.132. The lowest BCUT2D eigenvalue weighted by Crippen LogP contribution is -2.44. The fraction of sp³-hybridized carbons (Fsp3) is 0.632. The van der Waals surface area contributed by atoms with E-state index in [1.807, 2.05) is 12.1 Å². The van der Waals surface area contributed by atoms with Crippen LogP contribution in [0.15, 0.2) is 24.5 Å². The van der Waals surface area contributed by atoms with Crippen molar-refractivity contribution in [2.45, 2.75) is 45.3 Å². The second kappa shape index (κ2) is 9.64. The van der Waals surface area contributed by atoms with Gasteiger partial charge in [0, 0.05) is 45.5 Å². The smallest absolute Gasteiger partial charge is 0.241 e. The summed E-state index contributed by atoms with van der Waals surface area (Å²) >= 11 is 0. The van der Waals surface area contributed by atoms with E-state index in [1.165, 1.54) is 12.5 Å². The molecule has 1 aliphatic rings. The maximum absolute atomic E-state index is 12.2. The van der Waals surface area contributed by atoms with Crippen molar-refractivity contribution in [2.24, 2.45) is 0 Å². The first kappa shape index (κ1) is 20.3. The van der Waals surface area contributed by atoms with Gasteiger partial charge in [-0.3, -0.25) is 19.5 Å². The first-order valence-electron chi connectivity index (χ1n) is 9.28. The Kier molecular flexibility index (Phi) is 7.53. The van der Waals surface area contributed by atoms with Gasteiger partial charge in [0.25, 0.3) is 0 Å². The van der Waals surface area contributed by atoms with Crippen LogP contribution in [-0.4, -0.2) is 70.0 Å². The van der Waals surface area contributed by atoms with Crippen LogP contribution in [0.4, 0.5) is 0 Å². The van der Waals surface area contributed by atoms with Gasteiger partial charge in [0.2, 0.25) is 11.8 Å². The van der Waals surface area contributed by atoms with Gasteiger partial charge in [-0.2, -0.15) is 0 Å². The normalized spacial score (nSPS) is 20.7. The fourth-order valence-electron chi connectivity index (χ4n) is 3.34. The van der Waals surface area contributed by atoms with Crippen molar-refractivity contribution in [3.05, 3.63) is 30.1 Å². The minimum atomic E-state index is -0.800. The van der Waals surface area contributed by atoms with Crippen molar-refractivity contribution in [1.82, 2.24) is 20.1 Å². The molecule has 144 valence electrons. The van der Waals surface area contributed by atoms with E-state index >= 15 is 0 Å². The summed E-state index contributed by atoms with van der Waals surface area (Å²) < 4.78 is 0. The topological polar surface area (TPSA) is 85.8 Å². The van der Waals surface area contributed by atoms with E-state index in [2.05, 4.69) is 22.1 Å². The van der Waals surface area contributed by atoms with Crippen LogP contribution in [0, 0.1) is 0 Å². The van der Waals surface area contributed by atoms with E-state index in [-0.39, 0.29) is 18.4 Å². The van der Waals surface area contributed by atoms with Gasteiger partial charge >= 0.3 is 0 Å². The molecule has 1 fully saturated rings. The summed E-state index contributed by atoms with van der Waals surface area (Å²) in [4.78, 5) is 31.2. The highest BCUT2D eigenvalue weighted by Crippen LogP contribution is 2.24. The SMILES string of the molecule is CCN(Cc1ccncc1)C[C@]1(O)CCCN(C(=O)CNC(C)=O)CC1. The Morgan fingerprint density at radius 2 is 2.04 bits per heavy atom. The number of aliphatic hydroxyl groups is 1. The number of hydrogen-bond donors (Lipinski definition) is 2. The molecule has 0 spiro atoms. The molecule has 0 aliphatic carbocycles. The molecular formula is C19H30N4O3. The molecule has 0 unspecified atom stereocenters. The number of rotatable bonds is 7. The predicted molar refractivity (Wildman–Crippen MR) is 99.3 cm³/mol. The highest BCUT2D eigenvalue weighted by Gasteiger charge is 2.33. The summed E-state index contributed by atoms with van der Waals surface area (Å²) in [6, 6.07) is 3.98. The van der Waals surface area contributed by atoms with Crippen LogP contribution < -0.4 is 5.32 Å². The van der Waals surface area contributed by atoms with Crippen LogP contribution in [0.5, 0.6) is 0 Å². The summed E-state index contributed by atoms with van der Waals surface area (Å²) in [5.74, 6) is -0.298. The van der Waals surface area contributed by atoms with E-state index < -0.39 is 5.60 Å².